The van der Waals surface area contributed by atoms with Crippen molar-refractivity contribution in [3.05, 3.63) is 0 Å². The molecule has 0 aliphatic rings. The number of nitrogens with one attached hydrogen (secondary N) is 2. The lowest BCUT2D eigenvalue weighted by Gasteiger charge is -2.26. The Hall–Kier alpha value is -1.67. The highest BCUT2D eigenvalue weighted by molar-refractivity contribution is 6.02. The van der Waals surface area contributed by atoms with E-state index in [0.29, 0.717) is 13.1 Å². The van der Waals surface area contributed by atoms with Crippen LogP contribution < -0.4 is 11.0 Å². The number of carbonyl (C=O) groups excluding carboxylic acids is 3. The van der Waals surface area contributed by atoms with Crippen LogP contribution >= 0.6 is 0 Å². The van der Waals surface area contributed by atoms with Crippen molar-refractivity contribution < 1.29 is 24.1 Å². The zero-order chi connectivity index (χ0) is 19.8. The first-order valence-electron chi connectivity index (χ1n) is 8.54. The van der Waals surface area contributed by atoms with Crippen molar-refractivity contribution in [2.75, 3.05) is 13.1 Å². The molecule has 0 saturated carbocycles. The van der Waals surface area contributed by atoms with E-state index in [1.54, 1.807) is 41.5 Å². The first kappa shape index (κ1) is 23.3. The van der Waals surface area contributed by atoms with Gasteiger partial charge < -0.3 is 4.90 Å². The Morgan fingerprint density at radius 1 is 0.880 bits per heavy atom. The van der Waals surface area contributed by atoms with Crippen LogP contribution in [0.5, 0.6) is 0 Å². The van der Waals surface area contributed by atoms with Crippen molar-refractivity contribution in [3.63, 3.8) is 0 Å². The highest BCUT2D eigenvalue weighted by Crippen LogP contribution is 2.12. The second kappa shape index (κ2) is 9.72. The molecule has 0 aromatic heterocycles. The summed E-state index contributed by atoms with van der Waals surface area (Å²) in [6, 6.07) is 0. The van der Waals surface area contributed by atoms with E-state index in [1.807, 2.05) is 13.8 Å². The van der Waals surface area contributed by atoms with Crippen LogP contribution in [0.3, 0.4) is 0 Å². The summed E-state index contributed by atoms with van der Waals surface area (Å²) in [4.78, 5) is 49.0. The van der Waals surface area contributed by atoms with E-state index in [-0.39, 0.29) is 6.42 Å². The quantitative estimate of drug-likeness (QED) is 0.506. The van der Waals surface area contributed by atoms with Crippen molar-refractivity contribution in [2.45, 2.75) is 73.0 Å². The maximum atomic E-state index is 12.6. The fourth-order valence-corrected chi connectivity index (χ4v) is 1.76. The first-order valence-corrected chi connectivity index (χ1v) is 8.54. The summed E-state index contributed by atoms with van der Waals surface area (Å²) in [5.74, 6) is -2.82. The molecule has 0 heterocycles. The molecule has 25 heavy (non-hydrogen) atoms. The molecule has 0 spiro atoms. The Morgan fingerprint density at radius 2 is 1.32 bits per heavy atom. The zero-order valence-corrected chi connectivity index (χ0v) is 16.7. The number of nitrogens with zero attached hydrogens (tertiary/aromatic N) is 1. The van der Waals surface area contributed by atoms with Gasteiger partial charge in [-0.2, -0.15) is 0 Å². The second-order valence-electron chi connectivity index (χ2n) is 7.69. The summed E-state index contributed by atoms with van der Waals surface area (Å²) in [7, 11) is 0. The molecular formula is C17H33N3O5. The van der Waals surface area contributed by atoms with Gasteiger partial charge >= 0.3 is 0 Å². The van der Waals surface area contributed by atoms with Crippen LogP contribution in [0.1, 0.15) is 61.8 Å². The van der Waals surface area contributed by atoms with Gasteiger partial charge in [-0.25, -0.2) is 11.0 Å². The predicted molar refractivity (Wildman–Crippen MR) is 94.0 cm³/mol. The monoisotopic (exact) mass is 359 g/mol. The molecular weight excluding hydrogens is 326 g/mol. The molecule has 0 saturated heterocycles. The minimum absolute atomic E-state index is 0.329. The molecule has 2 N–H and O–H groups in total. The van der Waals surface area contributed by atoms with Crippen molar-refractivity contribution in [3.8, 4) is 0 Å². The van der Waals surface area contributed by atoms with E-state index in [4.69, 9.17) is 9.68 Å². The van der Waals surface area contributed by atoms with E-state index >= 15 is 0 Å². The number of hydrogen-bond donors (Lipinski definition) is 2. The van der Waals surface area contributed by atoms with Gasteiger partial charge in [0.15, 0.2) is 0 Å². The van der Waals surface area contributed by atoms with E-state index in [2.05, 4.69) is 11.0 Å². The molecule has 0 aromatic carbocycles. The molecule has 0 bridgehead atoms. The lowest BCUT2D eigenvalue weighted by Crippen LogP contribution is -2.47. The Labute approximate surface area is 150 Å². The summed E-state index contributed by atoms with van der Waals surface area (Å²) in [6.07, 6.45) is -0.329. The van der Waals surface area contributed by atoms with E-state index in [9.17, 15) is 14.4 Å². The predicted octanol–water partition coefficient (Wildman–Crippen LogP) is 1.55. The van der Waals surface area contributed by atoms with Crippen LogP contribution in [0.4, 0.5) is 0 Å². The van der Waals surface area contributed by atoms with Gasteiger partial charge in [0.05, 0.1) is 11.2 Å². The summed E-state index contributed by atoms with van der Waals surface area (Å²) in [6.45, 7) is 15.1. The standard InChI is InChI=1S/C17H33N3O5/c1-9-20(10-2)15(23)12(14(22)19-25-17(6,7)8)11-13(21)18-24-16(3,4)5/h12H,9-11H2,1-8H3,(H,18,21)(H,19,22). The summed E-state index contributed by atoms with van der Waals surface area (Å²) < 4.78 is 0. The van der Waals surface area contributed by atoms with Gasteiger partial charge in [-0.05, 0) is 55.4 Å². The Balaban J connectivity index is 5.09. The lowest BCUT2D eigenvalue weighted by atomic mass is 10.0. The maximum Gasteiger partial charge on any atom is 0.256 e. The highest BCUT2D eigenvalue weighted by Gasteiger charge is 2.33. The average Bonchev–Trinajstić information content (AvgIpc) is 2.47. The molecule has 0 aromatic rings. The minimum Gasteiger partial charge on any atom is -0.343 e. The van der Waals surface area contributed by atoms with Crippen LogP contribution in [0.25, 0.3) is 0 Å². The smallest absolute Gasteiger partial charge is 0.256 e. The Morgan fingerprint density at radius 3 is 1.72 bits per heavy atom. The van der Waals surface area contributed by atoms with Crippen LogP contribution in [0.2, 0.25) is 0 Å². The fraction of sp³-hybridized carbons (Fsp3) is 0.824. The van der Waals surface area contributed by atoms with E-state index in [1.165, 1.54) is 4.90 Å². The molecule has 8 nitrogen and oxygen atoms in total. The maximum absolute atomic E-state index is 12.6. The molecule has 0 aliphatic carbocycles. The van der Waals surface area contributed by atoms with Crippen molar-refractivity contribution in [1.29, 1.82) is 0 Å². The van der Waals surface area contributed by atoms with Gasteiger partial charge in [-0.1, -0.05) is 0 Å². The van der Waals surface area contributed by atoms with Gasteiger partial charge in [-0.15, -0.1) is 0 Å². The number of rotatable bonds is 8. The summed E-state index contributed by atoms with van der Waals surface area (Å²) in [5.41, 5.74) is 3.36. The highest BCUT2D eigenvalue weighted by atomic mass is 16.7. The van der Waals surface area contributed by atoms with Crippen LogP contribution in [-0.2, 0) is 24.1 Å². The van der Waals surface area contributed by atoms with E-state index in [0.717, 1.165) is 0 Å². The number of carbonyl (C=O) groups is 3. The molecule has 0 aliphatic heterocycles. The number of hydrogen-bond acceptors (Lipinski definition) is 5. The third-order valence-electron chi connectivity index (χ3n) is 3.01. The molecule has 0 fully saturated rings. The fourth-order valence-electron chi connectivity index (χ4n) is 1.76. The van der Waals surface area contributed by atoms with Crippen LogP contribution in [0, 0.1) is 5.92 Å². The van der Waals surface area contributed by atoms with Crippen molar-refractivity contribution in [1.82, 2.24) is 15.9 Å². The SMILES string of the molecule is CCN(CC)C(=O)C(CC(=O)NOC(C)(C)C)C(=O)NOC(C)(C)C. The van der Waals surface area contributed by atoms with Crippen LogP contribution in [-0.4, -0.2) is 46.9 Å². The summed E-state index contributed by atoms with van der Waals surface area (Å²) >= 11 is 0. The summed E-state index contributed by atoms with van der Waals surface area (Å²) in [5, 5.41) is 0. The van der Waals surface area contributed by atoms with Gasteiger partial charge in [0, 0.05) is 19.5 Å². The molecule has 146 valence electrons. The number of amides is 3. The second-order valence-corrected chi connectivity index (χ2v) is 7.69. The average molecular weight is 359 g/mol. The van der Waals surface area contributed by atoms with E-state index < -0.39 is 34.8 Å². The van der Waals surface area contributed by atoms with Gasteiger partial charge in [0.25, 0.3) is 5.91 Å². The Kier molecular flexibility index (Phi) is 9.07. The normalized spacial score (nSPS) is 13.1. The first-order chi connectivity index (χ1) is 11.3. The third-order valence-corrected chi connectivity index (χ3v) is 3.01. The van der Waals surface area contributed by atoms with Gasteiger partial charge in [0.2, 0.25) is 11.8 Å². The molecule has 0 radical (unpaired) electrons. The third kappa shape index (κ3) is 10.0. The van der Waals surface area contributed by atoms with Crippen molar-refractivity contribution >= 4 is 17.7 Å². The Bertz CT molecular complexity index is 462. The minimum atomic E-state index is -1.19. The van der Waals surface area contributed by atoms with Gasteiger partial charge in [0.1, 0.15) is 5.92 Å². The lowest BCUT2D eigenvalue weighted by molar-refractivity contribution is -0.160. The largest absolute Gasteiger partial charge is 0.343 e. The zero-order valence-electron chi connectivity index (χ0n) is 16.7. The van der Waals surface area contributed by atoms with Crippen molar-refractivity contribution in [2.24, 2.45) is 5.92 Å². The number of hydroxylamine groups is 2. The molecule has 8 heteroatoms. The topological polar surface area (TPSA) is 97.0 Å². The molecule has 0 rings (SSSR count). The van der Waals surface area contributed by atoms with Gasteiger partial charge in [-0.3, -0.25) is 24.1 Å². The molecule has 3 amide bonds. The van der Waals surface area contributed by atoms with Crippen LogP contribution in [0.15, 0.2) is 0 Å². The molecule has 1 unspecified atom stereocenters. The molecule has 1 atom stereocenters.